The van der Waals surface area contributed by atoms with Crippen LogP contribution in [0.4, 0.5) is 0 Å². The Morgan fingerprint density at radius 2 is 2.00 bits per heavy atom. The first-order chi connectivity index (χ1) is 9.15. The van der Waals surface area contributed by atoms with Crippen molar-refractivity contribution in [2.45, 2.75) is 51.5 Å². The summed E-state index contributed by atoms with van der Waals surface area (Å²) < 4.78 is 0. The number of aryl methyl sites for hydroxylation is 1. The molecule has 0 bridgehead atoms. The van der Waals surface area contributed by atoms with Gasteiger partial charge in [0.1, 0.15) is 5.75 Å². The summed E-state index contributed by atoms with van der Waals surface area (Å²) in [6.07, 6.45) is 4.07. The maximum absolute atomic E-state index is 10.1. The van der Waals surface area contributed by atoms with Gasteiger partial charge in [-0.2, -0.15) is 0 Å². The van der Waals surface area contributed by atoms with E-state index in [1.165, 1.54) is 11.1 Å². The van der Waals surface area contributed by atoms with Crippen LogP contribution in [0, 0.1) is 6.92 Å². The van der Waals surface area contributed by atoms with E-state index in [0.29, 0.717) is 11.7 Å². The van der Waals surface area contributed by atoms with Crippen LogP contribution >= 0.6 is 0 Å². The van der Waals surface area contributed by atoms with Gasteiger partial charge in [-0.15, -0.1) is 0 Å². The highest BCUT2D eigenvalue weighted by Crippen LogP contribution is 2.45. The van der Waals surface area contributed by atoms with Gasteiger partial charge in [0, 0.05) is 18.2 Å². The van der Waals surface area contributed by atoms with Crippen LogP contribution in [0.5, 0.6) is 5.75 Å². The quantitative estimate of drug-likeness (QED) is 0.692. The predicted molar refractivity (Wildman–Crippen MR) is 77.6 cm³/mol. The minimum absolute atomic E-state index is 0.277. The molecule has 2 rings (SSSR count). The monoisotopic (exact) mass is 263 g/mol. The third-order valence-electron chi connectivity index (χ3n) is 4.14. The van der Waals surface area contributed by atoms with E-state index < -0.39 is 0 Å². The van der Waals surface area contributed by atoms with Crippen LogP contribution < -0.4 is 5.32 Å². The molecule has 0 heterocycles. The number of phenols is 1. The zero-order valence-corrected chi connectivity index (χ0v) is 11.9. The number of fused-ring (bicyclic) bond motifs is 1. The Bertz CT molecular complexity index is 431. The van der Waals surface area contributed by atoms with E-state index in [9.17, 15) is 5.11 Å². The molecule has 1 aromatic carbocycles. The van der Waals surface area contributed by atoms with Crippen molar-refractivity contribution in [2.75, 3.05) is 13.2 Å². The van der Waals surface area contributed by atoms with Gasteiger partial charge in [-0.25, -0.2) is 0 Å². The average molecular weight is 263 g/mol. The number of aliphatic hydroxyl groups excluding tert-OH is 1. The van der Waals surface area contributed by atoms with Crippen LogP contribution in [0.15, 0.2) is 12.1 Å². The lowest BCUT2D eigenvalue weighted by Gasteiger charge is -2.15. The average Bonchev–Trinajstić information content (AvgIpc) is 2.72. The van der Waals surface area contributed by atoms with Gasteiger partial charge in [0.05, 0.1) is 0 Å². The summed E-state index contributed by atoms with van der Waals surface area (Å²) in [6.45, 7) is 5.59. The van der Waals surface area contributed by atoms with Gasteiger partial charge in [0.15, 0.2) is 0 Å². The number of nitrogens with one attached hydrogen (secondary N) is 1. The number of hydrogen-bond acceptors (Lipinski definition) is 3. The SMILES string of the molecule is Cc1ccc(O)c2c1C(C)CC2NCCCCCO. The number of aliphatic hydroxyl groups is 1. The maximum Gasteiger partial charge on any atom is 0.120 e. The van der Waals surface area contributed by atoms with Gasteiger partial charge < -0.3 is 15.5 Å². The fourth-order valence-electron chi connectivity index (χ4n) is 3.22. The second-order valence-corrected chi connectivity index (χ2v) is 5.66. The molecule has 1 aliphatic rings. The standard InChI is InChI=1S/C16H25NO2/c1-11-6-7-14(19)16-13(10-12(2)15(11)16)17-8-4-3-5-9-18/h6-7,12-13,17-19H,3-5,8-10H2,1-2H3. The predicted octanol–water partition coefficient (Wildman–Crippen LogP) is 3.00. The first kappa shape index (κ1) is 14.4. The van der Waals surface area contributed by atoms with E-state index in [0.717, 1.165) is 37.8 Å². The Morgan fingerprint density at radius 3 is 2.74 bits per heavy atom. The third-order valence-corrected chi connectivity index (χ3v) is 4.14. The Hall–Kier alpha value is -1.06. The largest absolute Gasteiger partial charge is 0.508 e. The molecule has 0 fully saturated rings. The third kappa shape index (κ3) is 3.10. The van der Waals surface area contributed by atoms with Crippen LogP contribution in [-0.2, 0) is 0 Å². The molecule has 19 heavy (non-hydrogen) atoms. The van der Waals surface area contributed by atoms with Crippen LogP contribution in [0.1, 0.15) is 61.3 Å². The number of rotatable bonds is 6. The number of unbranched alkanes of at least 4 members (excludes halogenated alkanes) is 2. The van der Waals surface area contributed by atoms with Gasteiger partial charge in [-0.3, -0.25) is 0 Å². The number of hydrogen-bond donors (Lipinski definition) is 3. The van der Waals surface area contributed by atoms with E-state index in [4.69, 9.17) is 5.11 Å². The summed E-state index contributed by atoms with van der Waals surface area (Å²) in [5.74, 6) is 0.940. The fourth-order valence-corrected chi connectivity index (χ4v) is 3.22. The highest BCUT2D eigenvalue weighted by atomic mass is 16.3. The molecule has 0 radical (unpaired) electrons. The number of aromatic hydroxyl groups is 1. The van der Waals surface area contributed by atoms with Crippen molar-refractivity contribution in [3.63, 3.8) is 0 Å². The summed E-state index contributed by atoms with van der Waals surface area (Å²) in [5.41, 5.74) is 3.72. The Labute approximate surface area is 115 Å². The van der Waals surface area contributed by atoms with E-state index in [1.54, 1.807) is 0 Å². The molecule has 0 amide bonds. The molecule has 3 heteroatoms. The molecule has 0 saturated heterocycles. The van der Waals surface area contributed by atoms with Crippen molar-refractivity contribution in [1.82, 2.24) is 5.32 Å². The first-order valence-electron chi connectivity index (χ1n) is 7.31. The highest BCUT2D eigenvalue weighted by Gasteiger charge is 2.31. The van der Waals surface area contributed by atoms with Crippen LogP contribution in [0.3, 0.4) is 0 Å². The first-order valence-corrected chi connectivity index (χ1v) is 7.31. The molecule has 0 aliphatic heterocycles. The van der Waals surface area contributed by atoms with E-state index >= 15 is 0 Å². The minimum atomic E-state index is 0.277. The van der Waals surface area contributed by atoms with Gasteiger partial charge in [-0.1, -0.05) is 13.0 Å². The molecule has 1 aromatic rings. The Morgan fingerprint density at radius 1 is 1.21 bits per heavy atom. The molecule has 106 valence electrons. The normalized spacial score (nSPS) is 21.6. The molecule has 3 N–H and O–H groups in total. The lowest BCUT2D eigenvalue weighted by Crippen LogP contribution is -2.20. The Kier molecular flexibility index (Phi) is 4.83. The van der Waals surface area contributed by atoms with Gasteiger partial charge in [0.2, 0.25) is 0 Å². The fraction of sp³-hybridized carbons (Fsp3) is 0.625. The second-order valence-electron chi connectivity index (χ2n) is 5.66. The topological polar surface area (TPSA) is 52.5 Å². The van der Waals surface area contributed by atoms with Crippen molar-refractivity contribution in [2.24, 2.45) is 0 Å². The molecule has 0 aromatic heterocycles. The minimum Gasteiger partial charge on any atom is -0.508 e. The summed E-state index contributed by atoms with van der Waals surface area (Å²) in [5, 5.41) is 22.4. The summed E-state index contributed by atoms with van der Waals surface area (Å²) in [4.78, 5) is 0. The Balaban J connectivity index is 2.01. The van der Waals surface area contributed by atoms with Gasteiger partial charge in [-0.05, 0) is 62.3 Å². The summed E-state index contributed by atoms with van der Waals surface area (Å²) in [7, 11) is 0. The summed E-state index contributed by atoms with van der Waals surface area (Å²) in [6, 6.07) is 4.10. The lowest BCUT2D eigenvalue weighted by atomic mass is 9.97. The van der Waals surface area contributed by atoms with Crippen molar-refractivity contribution < 1.29 is 10.2 Å². The smallest absolute Gasteiger partial charge is 0.120 e. The number of benzene rings is 1. The second kappa shape index (κ2) is 6.40. The zero-order chi connectivity index (χ0) is 13.8. The van der Waals surface area contributed by atoms with Crippen molar-refractivity contribution >= 4 is 0 Å². The van der Waals surface area contributed by atoms with Crippen LogP contribution in [0.25, 0.3) is 0 Å². The van der Waals surface area contributed by atoms with Gasteiger partial charge in [0.25, 0.3) is 0 Å². The van der Waals surface area contributed by atoms with Crippen molar-refractivity contribution in [3.05, 3.63) is 28.8 Å². The van der Waals surface area contributed by atoms with Gasteiger partial charge >= 0.3 is 0 Å². The van der Waals surface area contributed by atoms with E-state index in [2.05, 4.69) is 19.2 Å². The molecule has 1 aliphatic carbocycles. The molecule has 0 saturated carbocycles. The highest BCUT2D eigenvalue weighted by molar-refractivity contribution is 5.50. The molecule has 0 spiro atoms. The maximum atomic E-state index is 10.1. The molecule has 2 unspecified atom stereocenters. The lowest BCUT2D eigenvalue weighted by molar-refractivity contribution is 0.282. The number of phenolic OH excluding ortho intramolecular Hbond substituents is 1. The van der Waals surface area contributed by atoms with E-state index in [-0.39, 0.29) is 12.6 Å². The van der Waals surface area contributed by atoms with E-state index in [1.807, 2.05) is 12.1 Å². The molecule has 2 atom stereocenters. The molecular weight excluding hydrogens is 238 g/mol. The molecular formula is C16H25NO2. The summed E-state index contributed by atoms with van der Waals surface area (Å²) >= 11 is 0. The zero-order valence-electron chi connectivity index (χ0n) is 11.9. The van der Waals surface area contributed by atoms with Crippen molar-refractivity contribution in [1.29, 1.82) is 0 Å². The van der Waals surface area contributed by atoms with Crippen LogP contribution in [0.2, 0.25) is 0 Å². The van der Waals surface area contributed by atoms with Crippen molar-refractivity contribution in [3.8, 4) is 5.75 Å². The molecule has 3 nitrogen and oxygen atoms in total. The van der Waals surface area contributed by atoms with Crippen LogP contribution in [-0.4, -0.2) is 23.4 Å².